The maximum atomic E-state index is 13.6. The summed E-state index contributed by atoms with van der Waals surface area (Å²) in [7, 11) is 1.71. The first-order valence-electron chi connectivity index (χ1n) is 5.68. The normalized spacial score (nSPS) is 10.6. The van der Waals surface area contributed by atoms with E-state index in [1.54, 1.807) is 31.4 Å². The fourth-order valence-electron chi connectivity index (χ4n) is 1.73. The van der Waals surface area contributed by atoms with Gasteiger partial charge in [0.25, 0.3) is 0 Å². The highest BCUT2D eigenvalue weighted by atomic mass is 19.1. The molecular formula is C12H11FN6. The number of aromatic nitrogens is 4. The summed E-state index contributed by atoms with van der Waals surface area (Å²) in [5.41, 5.74) is 0.934. The van der Waals surface area contributed by atoms with E-state index in [1.165, 1.54) is 6.07 Å². The Morgan fingerprint density at radius 2 is 2.05 bits per heavy atom. The SMILES string of the molecule is CNc1nc(Nc2ccccc2F)c2cn[nH]c2n1. The van der Waals surface area contributed by atoms with Crippen molar-refractivity contribution in [2.75, 3.05) is 17.7 Å². The molecule has 0 fully saturated rings. The van der Waals surface area contributed by atoms with Crippen LogP contribution in [0.15, 0.2) is 30.5 Å². The first-order valence-corrected chi connectivity index (χ1v) is 5.68. The Balaban J connectivity index is 2.09. The Labute approximate surface area is 108 Å². The Morgan fingerprint density at radius 1 is 1.21 bits per heavy atom. The molecule has 1 aromatic carbocycles. The van der Waals surface area contributed by atoms with Gasteiger partial charge in [0.15, 0.2) is 5.65 Å². The van der Waals surface area contributed by atoms with Gasteiger partial charge >= 0.3 is 0 Å². The van der Waals surface area contributed by atoms with E-state index in [4.69, 9.17) is 0 Å². The topological polar surface area (TPSA) is 78.5 Å². The van der Waals surface area contributed by atoms with Crippen molar-refractivity contribution in [3.63, 3.8) is 0 Å². The fourth-order valence-corrected chi connectivity index (χ4v) is 1.73. The van der Waals surface area contributed by atoms with Crippen LogP contribution >= 0.6 is 0 Å². The summed E-state index contributed by atoms with van der Waals surface area (Å²) < 4.78 is 13.6. The Kier molecular flexibility index (Phi) is 2.71. The van der Waals surface area contributed by atoms with Crippen LogP contribution in [0.3, 0.4) is 0 Å². The number of fused-ring (bicyclic) bond motifs is 1. The van der Waals surface area contributed by atoms with Crippen molar-refractivity contribution in [1.82, 2.24) is 20.2 Å². The Morgan fingerprint density at radius 3 is 2.84 bits per heavy atom. The molecule has 7 heteroatoms. The molecule has 2 heterocycles. The second-order valence-electron chi connectivity index (χ2n) is 3.88. The summed E-state index contributed by atoms with van der Waals surface area (Å²) in [5, 5.41) is 13.2. The molecule has 0 radical (unpaired) electrons. The average molecular weight is 258 g/mol. The highest BCUT2D eigenvalue weighted by Gasteiger charge is 2.10. The molecule has 0 atom stereocenters. The predicted molar refractivity (Wildman–Crippen MR) is 70.9 cm³/mol. The molecule has 96 valence electrons. The van der Waals surface area contributed by atoms with Crippen LogP contribution in [0.5, 0.6) is 0 Å². The van der Waals surface area contributed by atoms with Crippen LogP contribution in [0.25, 0.3) is 11.0 Å². The van der Waals surface area contributed by atoms with Crippen molar-refractivity contribution < 1.29 is 4.39 Å². The third-order valence-corrected chi connectivity index (χ3v) is 2.66. The number of halogens is 1. The van der Waals surface area contributed by atoms with Gasteiger partial charge in [-0.2, -0.15) is 15.1 Å². The zero-order valence-corrected chi connectivity index (χ0v) is 10.1. The summed E-state index contributed by atoms with van der Waals surface area (Å²) in [5.74, 6) is 0.576. The van der Waals surface area contributed by atoms with Gasteiger partial charge in [-0.25, -0.2) is 4.39 Å². The lowest BCUT2D eigenvalue weighted by Gasteiger charge is -2.08. The minimum atomic E-state index is -0.344. The molecule has 0 saturated heterocycles. The van der Waals surface area contributed by atoms with Crippen LogP contribution in [-0.4, -0.2) is 27.2 Å². The first kappa shape index (κ1) is 11.4. The minimum Gasteiger partial charge on any atom is -0.357 e. The van der Waals surface area contributed by atoms with Crippen molar-refractivity contribution in [2.45, 2.75) is 0 Å². The number of nitrogens with one attached hydrogen (secondary N) is 3. The first-order chi connectivity index (χ1) is 9.28. The summed E-state index contributed by atoms with van der Waals surface area (Å²) in [6.07, 6.45) is 1.60. The smallest absolute Gasteiger partial charge is 0.226 e. The minimum absolute atomic E-state index is 0.344. The van der Waals surface area contributed by atoms with Crippen molar-refractivity contribution in [1.29, 1.82) is 0 Å². The molecule has 0 spiro atoms. The molecule has 0 aliphatic heterocycles. The van der Waals surface area contributed by atoms with Gasteiger partial charge in [-0.1, -0.05) is 12.1 Å². The number of nitrogens with zero attached hydrogens (tertiary/aromatic N) is 3. The molecule has 6 nitrogen and oxygen atoms in total. The zero-order chi connectivity index (χ0) is 13.2. The third kappa shape index (κ3) is 2.05. The number of aromatic amines is 1. The maximum Gasteiger partial charge on any atom is 0.226 e. The largest absolute Gasteiger partial charge is 0.357 e. The number of para-hydroxylation sites is 1. The monoisotopic (exact) mass is 258 g/mol. The molecule has 3 aromatic rings. The van der Waals surface area contributed by atoms with Gasteiger partial charge in [0.1, 0.15) is 11.6 Å². The van der Waals surface area contributed by atoms with Crippen molar-refractivity contribution >= 4 is 28.5 Å². The molecular weight excluding hydrogens is 247 g/mol. The lowest BCUT2D eigenvalue weighted by atomic mass is 10.3. The van der Waals surface area contributed by atoms with Crippen LogP contribution in [0.1, 0.15) is 0 Å². The second kappa shape index (κ2) is 4.52. The number of hydrogen-bond donors (Lipinski definition) is 3. The zero-order valence-electron chi connectivity index (χ0n) is 10.1. The molecule has 19 heavy (non-hydrogen) atoms. The number of anilines is 3. The van der Waals surface area contributed by atoms with Crippen LogP contribution in [-0.2, 0) is 0 Å². The van der Waals surface area contributed by atoms with E-state index < -0.39 is 0 Å². The lowest BCUT2D eigenvalue weighted by molar-refractivity contribution is 0.632. The van der Waals surface area contributed by atoms with Crippen molar-refractivity contribution in [3.8, 4) is 0 Å². The van der Waals surface area contributed by atoms with Crippen LogP contribution < -0.4 is 10.6 Å². The third-order valence-electron chi connectivity index (χ3n) is 2.66. The predicted octanol–water partition coefficient (Wildman–Crippen LogP) is 2.28. The highest BCUT2D eigenvalue weighted by molar-refractivity contribution is 5.89. The van der Waals surface area contributed by atoms with Crippen molar-refractivity contribution in [2.24, 2.45) is 0 Å². The number of H-pyrrole nitrogens is 1. The molecule has 0 aliphatic rings. The van der Waals surface area contributed by atoms with Gasteiger partial charge in [0, 0.05) is 7.05 Å². The van der Waals surface area contributed by atoms with Crippen molar-refractivity contribution in [3.05, 3.63) is 36.3 Å². The Hall–Kier alpha value is -2.70. The molecule has 0 aliphatic carbocycles. The van der Waals surface area contributed by atoms with E-state index in [9.17, 15) is 4.39 Å². The van der Waals surface area contributed by atoms with Gasteiger partial charge in [-0.3, -0.25) is 5.10 Å². The molecule has 3 N–H and O–H groups in total. The number of benzene rings is 1. The molecule has 2 aromatic heterocycles. The van der Waals surface area contributed by atoms with E-state index >= 15 is 0 Å². The van der Waals surface area contributed by atoms with Gasteiger partial charge in [-0.15, -0.1) is 0 Å². The maximum absolute atomic E-state index is 13.6. The van der Waals surface area contributed by atoms with Gasteiger partial charge < -0.3 is 10.6 Å². The average Bonchev–Trinajstić information content (AvgIpc) is 2.89. The quantitative estimate of drug-likeness (QED) is 0.671. The van der Waals surface area contributed by atoms with Gasteiger partial charge in [0.05, 0.1) is 17.3 Å². The number of hydrogen-bond acceptors (Lipinski definition) is 5. The van der Waals surface area contributed by atoms with Crippen LogP contribution in [0, 0.1) is 5.82 Å². The number of rotatable bonds is 3. The molecule has 3 rings (SSSR count). The summed E-state index contributed by atoms with van der Waals surface area (Å²) in [6, 6.07) is 6.41. The molecule has 0 unspecified atom stereocenters. The summed E-state index contributed by atoms with van der Waals surface area (Å²) >= 11 is 0. The molecule has 0 amide bonds. The van der Waals surface area contributed by atoms with E-state index in [1.807, 2.05) is 0 Å². The van der Waals surface area contributed by atoms with Gasteiger partial charge in [-0.05, 0) is 12.1 Å². The van der Waals surface area contributed by atoms with E-state index in [2.05, 4.69) is 30.8 Å². The van der Waals surface area contributed by atoms with Crippen LogP contribution in [0.2, 0.25) is 0 Å². The fraction of sp³-hybridized carbons (Fsp3) is 0.0833. The van der Waals surface area contributed by atoms with Gasteiger partial charge in [0.2, 0.25) is 5.95 Å². The van der Waals surface area contributed by atoms with E-state index in [0.29, 0.717) is 28.5 Å². The van der Waals surface area contributed by atoms with Crippen LogP contribution in [0.4, 0.5) is 21.8 Å². The molecule has 0 saturated carbocycles. The second-order valence-corrected chi connectivity index (χ2v) is 3.88. The van der Waals surface area contributed by atoms with E-state index in [-0.39, 0.29) is 5.82 Å². The summed E-state index contributed by atoms with van der Waals surface area (Å²) in [4.78, 5) is 8.47. The summed E-state index contributed by atoms with van der Waals surface area (Å²) in [6.45, 7) is 0. The molecule has 0 bridgehead atoms. The Bertz CT molecular complexity index is 723. The standard InChI is InChI=1S/C12H11FN6/c1-14-12-17-10(7-6-15-19-11(7)18-12)16-9-5-3-2-4-8(9)13/h2-6H,1H3,(H3,14,15,16,17,18,19). The lowest BCUT2D eigenvalue weighted by Crippen LogP contribution is -2.02. The highest BCUT2D eigenvalue weighted by Crippen LogP contribution is 2.24. The van der Waals surface area contributed by atoms with E-state index in [0.717, 1.165) is 0 Å².